The molecule has 1 atom stereocenters. The Morgan fingerprint density at radius 3 is 2.96 bits per heavy atom. The Labute approximate surface area is 136 Å². The van der Waals surface area contributed by atoms with Gasteiger partial charge < -0.3 is 15.2 Å². The molecule has 3 rings (SSSR count). The predicted octanol–water partition coefficient (Wildman–Crippen LogP) is 2.36. The monoisotopic (exact) mass is 319 g/mol. The molecule has 1 aliphatic carbocycles. The number of ether oxygens (including phenoxy) is 1. The maximum absolute atomic E-state index is 11.9. The summed E-state index contributed by atoms with van der Waals surface area (Å²) < 4.78 is 5.97. The largest absolute Gasteiger partial charge is 0.489 e. The van der Waals surface area contributed by atoms with Gasteiger partial charge in [0.2, 0.25) is 0 Å². The van der Waals surface area contributed by atoms with Crippen molar-refractivity contribution in [3.63, 3.8) is 0 Å². The van der Waals surface area contributed by atoms with Gasteiger partial charge in [0.25, 0.3) is 0 Å². The summed E-state index contributed by atoms with van der Waals surface area (Å²) in [5.41, 5.74) is -0.486. The molecule has 2 N–H and O–H groups in total. The lowest BCUT2D eigenvalue weighted by Gasteiger charge is -2.51. The van der Waals surface area contributed by atoms with E-state index in [-0.39, 0.29) is 0 Å². The number of carboxylic acid groups (broad SMARTS) is 1. The van der Waals surface area contributed by atoms with Crippen LogP contribution in [0.25, 0.3) is 0 Å². The molecule has 0 bridgehead atoms. The SMILES string of the molecule is O=C(O)N1CCNCC1(COc1cccnc1)C1CCCCC1. The fourth-order valence-electron chi connectivity index (χ4n) is 3.99. The van der Waals surface area contributed by atoms with Gasteiger partial charge in [-0.3, -0.25) is 9.88 Å². The first-order chi connectivity index (χ1) is 11.2. The number of pyridine rings is 1. The van der Waals surface area contributed by atoms with Crippen molar-refractivity contribution >= 4 is 6.09 Å². The van der Waals surface area contributed by atoms with E-state index in [0.29, 0.717) is 37.9 Å². The lowest BCUT2D eigenvalue weighted by molar-refractivity contribution is -0.0243. The first kappa shape index (κ1) is 16.1. The minimum Gasteiger partial charge on any atom is -0.489 e. The van der Waals surface area contributed by atoms with Gasteiger partial charge in [-0.05, 0) is 30.9 Å². The summed E-state index contributed by atoms with van der Waals surface area (Å²) in [7, 11) is 0. The molecule has 1 amide bonds. The van der Waals surface area contributed by atoms with Gasteiger partial charge in [-0.2, -0.15) is 0 Å². The third-order valence-corrected chi connectivity index (χ3v) is 5.20. The summed E-state index contributed by atoms with van der Waals surface area (Å²) in [4.78, 5) is 17.5. The van der Waals surface area contributed by atoms with Crippen LogP contribution in [-0.2, 0) is 0 Å². The Morgan fingerprint density at radius 1 is 1.43 bits per heavy atom. The third-order valence-electron chi connectivity index (χ3n) is 5.20. The first-order valence-corrected chi connectivity index (χ1v) is 8.46. The highest BCUT2D eigenvalue weighted by Crippen LogP contribution is 2.38. The second kappa shape index (κ2) is 7.17. The molecule has 6 nitrogen and oxygen atoms in total. The van der Waals surface area contributed by atoms with Crippen LogP contribution in [0.4, 0.5) is 4.79 Å². The zero-order valence-electron chi connectivity index (χ0n) is 13.4. The Morgan fingerprint density at radius 2 is 2.26 bits per heavy atom. The molecule has 1 aromatic rings. The van der Waals surface area contributed by atoms with Crippen LogP contribution < -0.4 is 10.1 Å². The average Bonchev–Trinajstić information content (AvgIpc) is 2.61. The number of aromatic nitrogens is 1. The highest BCUT2D eigenvalue weighted by atomic mass is 16.5. The van der Waals surface area contributed by atoms with E-state index in [1.165, 1.54) is 19.3 Å². The van der Waals surface area contributed by atoms with Crippen LogP contribution in [0.2, 0.25) is 0 Å². The van der Waals surface area contributed by atoms with E-state index in [1.807, 2.05) is 12.1 Å². The van der Waals surface area contributed by atoms with Crippen molar-refractivity contribution in [1.82, 2.24) is 15.2 Å². The van der Waals surface area contributed by atoms with Crippen molar-refractivity contribution in [2.75, 3.05) is 26.2 Å². The predicted molar refractivity (Wildman–Crippen MR) is 86.6 cm³/mol. The molecule has 0 aromatic carbocycles. The third kappa shape index (κ3) is 3.42. The molecule has 1 unspecified atom stereocenters. The van der Waals surface area contributed by atoms with E-state index in [9.17, 15) is 9.90 Å². The van der Waals surface area contributed by atoms with Gasteiger partial charge in [0.15, 0.2) is 0 Å². The van der Waals surface area contributed by atoms with Gasteiger partial charge in [0, 0.05) is 25.8 Å². The number of rotatable bonds is 4. The number of nitrogens with one attached hydrogen (secondary N) is 1. The van der Waals surface area contributed by atoms with Gasteiger partial charge in [-0.1, -0.05) is 19.3 Å². The molecule has 1 saturated heterocycles. The average molecular weight is 319 g/mol. The van der Waals surface area contributed by atoms with E-state index in [0.717, 1.165) is 12.8 Å². The summed E-state index contributed by atoms with van der Waals surface area (Å²) in [6, 6.07) is 3.69. The van der Waals surface area contributed by atoms with E-state index in [2.05, 4.69) is 10.3 Å². The molecule has 1 saturated carbocycles. The Bertz CT molecular complexity index is 519. The van der Waals surface area contributed by atoms with Crippen molar-refractivity contribution in [3.05, 3.63) is 24.5 Å². The molecule has 1 aromatic heterocycles. The van der Waals surface area contributed by atoms with E-state index >= 15 is 0 Å². The van der Waals surface area contributed by atoms with Gasteiger partial charge in [0.05, 0.1) is 11.7 Å². The van der Waals surface area contributed by atoms with Gasteiger partial charge in [0.1, 0.15) is 12.4 Å². The van der Waals surface area contributed by atoms with Crippen LogP contribution in [-0.4, -0.2) is 52.9 Å². The van der Waals surface area contributed by atoms with Gasteiger partial charge >= 0.3 is 6.09 Å². The van der Waals surface area contributed by atoms with Crippen LogP contribution in [0.3, 0.4) is 0 Å². The number of hydrogen-bond acceptors (Lipinski definition) is 4. The van der Waals surface area contributed by atoms with Gasteiger partial charge in [-0.25, -0.2) is 4.79 Å². The summed E-state index contributed by atoms with van der Waals surface area (Å²) in [5.74, 6) is 1.04. The Hall–Kier alpha value is -1.82. The Kier molecular flexibility index (Phi) is 5.00. The lowest BCUT2D eigenvalue weighted by atomic mass is 9.73. The normalized spacial score (nSPS) is 26.0. The first-order valence-electron chi connectivity index (χ1n) is 8.46. The van der Waals surface area contributed by atoms with E-state index in [4.69, 9.17) is 4.74 Å². The molecule has 0 radical (unpaired) electrons. The second-order valence-corrected chi connectivity index (χ2v) is 6.53. The smallest absolute Gasteiger partial charge is 0.407 e. The fourth-order valence-corrected chi connectivity index (χ4v) is 3.99. The number of nitrogens with zero attached hydrogens (tertiary/aromatic N) is 2. The highest BCUT2D eigenvalue weighted by molar-refractivity contribution is 5.66. The molecule has 2 fully saturated rings. The topological polar surface area (TPSA) is 74.7 Å². The molecule has 126 valence electrons. The Balaban J connectivity index is 1.83. The number of piperazine rings is 1. The van der Waals surface area contributed by atoms with Crippen LogP contribution in [0.1, 0.15) is 32.1 Å². The number of amides is 1. The van der Waals surface area contributed by atoms with Crippen molar-refractivity contribution < 1.29 is 14.6 Å². The minimum atomic E-state index is -0.841. The van der Waals surface area contributed by atoms with Crippen molar-refractivity contribution in [2.45, 2.75) is 37.6 Å². The molecule has 1 aliphatic heterocycles. The molecular weight excluding hydrogens is 294 g/mol. The molecule has 2 aliphatic rings. The summed E-state index contributed by atoms with van der Waals surface area (Å²) >= 11 is 0. The van der Waals surface area contributed by atoms with E-state index < -0.39 is 11.6 Å². The fraction of sp³-hybridized carbons (Fsp3) is 0.647. The zero-order chi connectivity index (χ0) is 16.1. The van der Waals surface area contributed by atoms with Crippen molar-refractivity contribution in [1.29, 1.82) is 0 Å². The summed E-state index contributed by atoms with van der Waals surface area (Å²) in [6.45, 7) is 2.25. The molecule has 6 heteroatoms. The number of carbonyl (C=O) groups is 1. The highest BCUT2D eigenvalue weighted by Gasteiger charge is 2.48. The van der Waals surface area contributed by atoms with Crippen LogP contribution >= 0.6 is 0 Å². The maximum atomic E-state index is 11.9. The summed E-state index contributed by atoms with van der Waals surface area (Å²) in [5, 5.41) is 13.1. The molecule has 2 heterocycles. The number of hydrogen-bond donors (Lipinski definition) is 2. The van der Waals surface area contributed by atoms with Crippen LogP contribution in [0.15, 0.2) is 24.5 Å². The van der Waals surface area contributed by atoms with Gasteiger partial charge in [-0.15, -0.1) is 0 Å². The standard InChI is InChI=1S/C17H25N3O3/c21-16(22)20-10-9-19-12-17(20,14-5-2-1-3-6-14)13-23-15-7-4-8-18-11-15/h4,7-8,11,14,19H,1-3,5-6,9-10,12-13H2,(H,21,22). The quantitative estimate of drug-likeness (QED) is 0.891. The van der Waals surface area contributed by atoms with E-state index in [1.54, 1.807) is 17.3 Å². The summed E-state index contributed by atoms with van der Waals surface area (Å²) in [6.07, 6.45) is 8.28. The lowest BCUT2D eigenvalue weighted by Crippen LogP contribution is -2.69. The molecular formula is C17H25N3O3. The second-order valence-electron chi connectivity index (χ2n) is 6.53. The van der Waals surface area contributed by atoms with Crippen LogP contribution in [0.5, 0.6) is 5.75 Å². The minimum absolute atomic E-state index is 0.344. The molecule has 0 spiro atoms. The maximum Gasteiger partial charge on any atom is 0.407 e. The van der Waals surface area contributed by atoms with Crippen molar-refractivity contribution in [3.8, 4) is 5.75 Å². The zero-order valence-corrected chi connectivity index (χ0v) is 13.4. The molecule has 23 heavy (non-hydrogen) atoms. The van der Waals surface area contributed by atoms with Crippen LogP contribution in [0, 0.1) is 5.92 Å². The van der Waals surface area contributed by atoms with Crippen molar-refractivity contribution in [2.24, 2.45) is 5.92 Å².